The molecule has 2 aromatic heterocycles. The molecule has 0 aromatic carbocycles. The van der Waals surface area contributed by atoms with Crippen molar-refractivity contribution in [1.82, 2.24) is 19.5 Å². The fourth-order valence-corrected chi connectivity index (χ4v) is 3.36. The maximum absolute atomic E-state index is 14.6. The fourth-order valence-electron chi connectivity index (χ4n) is 2.48. The van der Waals surface area contributed by atoms with Crippen LogP contribution < -0.4 is 0 Å². The van der Waals surface area contributed by atoms with Gasteiger partial charge in [-0.1, -0.05) is 12.2 Å². The van der Waals surface area contributed by atoms with Gasteiger partial charge in [0, 0.05) is 0 Å². The lowest BCUT2D eigenvalue weighted by molar-refractivity contribution is -0.0427. The van der Waals surface area contributed by atoms with Crippen LogP contribution in [-0.2, 0) is 13.8 Å². The van der Waals surface area contributed by atoms with Gasteiger partial charge in [-0.05, 0) is 6.92 Å². The molecule has 0 bridgehead atoms. The molecule has 0 aliphatic carbocycles. The largest absolute Gasteiger partial charge is 0.394 e. The zero-order chi connectivity index (χ0) is 15.9. The number of hydrogen-bond donors (Lipinski definition) is 2. The SMILES string of the molecule is Cc1ncnc2c1ncn2[C@@H]1O[C@H](CO)[C@@H](O[PH](=O)S)[C@H]1F. The summed E-state index contributed by atoms with van der Waals surface area (Å²) in [6.45, 7) is 1.30. The van der Waals surface area contributed by atoms with Crippen LogP contribution in [-0.4, -0.2) is 49.6 Å². The Hall–Kier alpha value is -1.06. The highest BCUT2D eigenvalue weighted by atomic mass is 32.7. The Kier molecular flexibility index (Phi) is 4.47. The maximum atomic E-state index is 14.6. The Balaban J connectivity index is 1.97. The third-order valence-electron chi connectivity index (χ3n) is 3.50. The van der Waals surface area contributed by atoms with E-state index in [9.17, 15) is 14.1 Å². The Morgan fingerprint density at radius 2 is 2.32 bits per heavy atom. The zero-order valence-electron chi connectivity index (χ0n) is 11.5. The average Bonchev–Trinajstić information content (AvgIpc) is 3.02. The molecule has 8 nitrogen and oxygen atoms in total. The molecule has 120 valence electrons. The van der Waals surface area contributed by atoms with Crippen LogP contribution in [0.2, 0.25) is 0 Å². The summed E-state index contributed by atoms with van der Waals surface area (Å²) < 4.78 is 37.6. The number of alkyl halides is 1. The molecule has 1 fully saturated rings. The highest BCUT2D eigenvalue weighted by Crippen LogP contribution is 2.41. The summed E-state index contributed by atoms with van der Waals surface area (Å²) >= 11 is 3.65. The van der Waals surface area contributed by atoms with Crippen molar-refractivity contribution in [3.63, 3.8) is 0 Å². The van der Waals surface area contributed by atoms with Gasteiger partial charge in [0.1, 0.15) is 24.1 Å². The van der Waals surface area contributed by atoms with Crippen LogP contribution in [0.5, 0.6) is 0 Å². The molecule has 0 radical (unpaired) electrons. The second-order valence-electron chi connectivity index (χ2n) is 4.82. The van der Waals surface area contributed by atoms with Gasteiger partial charge in [0.2, 0.25) is 7.23 Å². The zero-order valence-corrected chi connectivity index (χ0v) is 13.4. The van der Waals surface area contributed by atoms with Gasteiger partial charge in [-0.2, -0.15) is 0 Å². The van der Waals surface area contributed by atoms with E-state index in [0.717, 1.165) is 0 Å². The van der Waals surface area contributed by atoms with Crippen molar-refractivity contribution in [3.8, 4) is 0 Å². The first-order valence-electron chi connectivity index (χ1n) is 6.47. The minimum absolute atomic E-state index is 0.413. The highest BCUT2D eigenvalue weighted by molar-refractivity contribution is 8.39. The quantitative estimate of drug-likeness (QED) is 0.630. The van der Waals surface area contributed by atoms with Gasteiger partial charge in [-0.3, -0.25) is 9.13 Å². The van der Waals surface area contributed by atoms with Gasteiger partial charge in [0.25, 0.3) is 0 Å². The van der Waals surface area contributed by atoms with Crippen LogP contribution in [0.4, 0.5) is 4.39 Å². The lowest BCUT2D eigenvalue weighted by Crippen LogP contribution is -2.31. The van der Waals surface area contributed by atoms with Gasteiger partial charge >= 0.3 is 0 Å². The molecule has 0 saturated carbocycles. The monoisotopic (exact) mass is 348 g/mol. The van der Waals surface area contributed by atoms with E-state index < -0.39 is 38.4 Å². The number of aliphatic hydroxyl groups excluding tert-OH is 1. The van der Waals surface area contributed by atoms with Crippen LogP contribution in [0.3, 0.4) is 0 Å². The molecule has 0 amide bonds. The normalized spacial score (nSPS) is 30.0. The van der Waals surface area contributed by atoms with Gasteiger partial charge in [0.05, 0.1) is 18.6 Å². The number of thiol groups is 1. The molecule has 0 spiro atoms. The Morgan fingerprint density at radius 1 is 1.55 bits per heavy atom. The van der Waals surface area contributed by atoms with E-state index >= 15 is 0 Å². The molecule has 1 aliphatic heterocycles. The van der Waals surface area contributed by atoms with E-state index in [2.05, 4.69) is 27.2 Å². The van der Waals surface area contributed by atoms with E-state index in [1.54, 1.807) is 6.92 Å². The van der Waals surface area contributed by atoms with Gasteiger partial charge < -0.3 is 14.4 Å². The predicted molar refractivity (Wildman–Crippen MR) is 78.8 cm³/mol. The topological polar surface area (TPSA) is 99.4 Å². The number of aryl methyl sites for hydroxylation is 1. The summed E-state index contributed by atoms with van der Waals surface area (Å²) in [5.74, 6) is 0. The third-order valence-corrected chi connectivity index (χ3v) is 4.29. The number of hydrogen-bond acceptors (Lipinski definition) is 7. The lowest BCUT2D eigenvalue weighted by atomic mass is 10.1. The van der Waals surface area contributed by atoms with Crippen molar-refractivity contribution in [1.29, 1.82) is 0 Å². The molecular weight excluding hydrogens is 334 g/mol. The molecule has 1 N–H and O–H groups in total. The number of imidazole rings is 1. The maximum Gasteiger partial charge on any atom is 0.243 e. The third kappa shape index (κ3) is 2.65. The minimum atomic E-state index is -2.67. The molecule has 3 heterocycles. The number of aliphatic hydroxyl groups is 1. The standard InChI is InChI=1S/C11H14FN4O4PS/c1-5-8-10(14-3-13-5)16(4-15-8)11-7(12)9(20-21(18)22)6(2-17)19-11/h3-4,6-7,9,11,17,21H,2H2,1H3,(H,18,22)/t6-,7-,9-,11-/m1/s1. The first kappa shape index (κ1) is 15.8. The molecule has 5 atom stereocenters. The Labute approximate surface area is 130 Å². The first-order chi connectivity index (χ1) is 10.5. The van der Waals surface area contributed by atoms with Crippen molar-refractivity contribution < 1.29 is 23.3 Å². The molecular formula is C11H14FN4O4PS. The van der Waals surface area contributed by atoms with Crippen LogP contribution in [0.15, 0.2) is 12.7 Å². The highest BCUT2D eigenvalue weighted by Gasteiger charge is 2.47. The van der Waals surface area contributed by atoms with Crippen molar-refractivity contribution >= 4 is 30.6 Å². The summed E-state index contributed by atoms with van der Waals surface area (Å²) in [7, 11) is -2.67. The molecule has 1 aliphatic rings. The summed E-state index contributed by atoms with van der Waals surface area (Å²) in [6, 6.07) is 0. The number of aromatic nitrogens is 4. The average molecular weight is 348 g/mol. The number of ether oxygens (including phenoxy) is 1. The van der Waals surface area contributed by atoms with Crippen molar-refractivity contribution in [3.05, 3.63) is 18.3 Å². The summed E-state index contributed by atoms with van der Waals surface area (Å²) in [5, 5.41) is 9.30. The van der Waals surface area contributed by atoms with Crippen molar-refractivity contribution in [2.75, 3.05) is 6.61 Å². The number of fused-ring (bicyclic) bond motifs is 1. The number of nitrogens with zero attached hydrogens (tertiary/aromatic N) is 4. The molecule has 1 unspecified atom stereocenters. The van der Waals surface area contributed by atoms with Gasteiger partial charge in [-0.25, -0.2) is 19.3 Å². The number of rotatable bonds is 4. The fraction of sp³-hybridized carbons (Fsp3) is 0.545. The Bertz CT molecular complexity index is 716. The van der Waals surface area contributed by atoms with Crippen molar-refractivity contribution in [2.24, 2.45) is 0 Å². The second-order valence-corrected chi connectivity index (χ2v) is 6.69. The minimum Gasteiger partial charge on any atom is -0.394 e. The summed E-state index contributed by atoms with van der Waals surface area (Å²) in [4.78, 5) is 12.3. The van der Waals surface area contributed by atoms with Crippen LogP contribution >= 0.6 is 19.5 Å². The Morgan fingerprint density at radius 3 is 3.00 bits per heavy atom. The van der Waals surface area contributed by atoms with Gasteiger partial charge in [0.15, 0.2) is 18.0 Å². The predicted octanol–water partition coefficient (Wildman–Crippen LogP) is 1.07. The lowest BCUT2D eigenvalue weighted by Gasteiger charge is -2.16. The van der Waals surface area contributed by atoms with E-state index in [0.29, 0.717) is 16.9 Å². The van der Waals surface area contributed by atoms with E-state index in [1.807, 2.05) is 0 Å². The van der Waals surface area contributed by atoms with E-state index in [4.69, 9.17) is 9.26 Å². The van der Waals surface area contributed by atoms with E-state index in [-0.39, 0.29) is 0 Å². The molecule has 1 saturated heterocycles. The molecule has 2 aromatic rings. The van der Waals surface area contributed by atoms with Crippen LogP contribution in [0.25, 0.3) is 11.2 Å². The number of halogens is 1. The van der Waals surface area contributed by atoms with Crippen molar-refractivity contribution in [2.45, 2.75) is 31.5 Å². The van der Waals surface area contributed by atoms with Crippen LogP contribution in [0.1, 0.15) is 11.9 Å². The van der Waals surface area contributed by atoms with Gasteiger partial charge in [-0.15, -0.1) is 0 Å². The summed E-state index contributed by atoms with van der Waals surface area (Å²) in [6.07, 6.45) is -2.10. The molecule has 11 heteroatoms. The smallest absolute Gasteiger partial charge is 0.243 e. The van der Waals surface area contributed by atoms with E-state index in [1.165, 1.54) is 17.2 Å². The summed E-state index contributed by atoms with van der Waals surface area (Å²) in [5.41, 5.74) is 1.60. The van der Waals surface area contributed by atoms with Crippen LogP contribution in [0, 0.1) is 6.92 Å². The first-order valence-corrected chi connectivity index (χ1v) is 9.07. The second kappa shape index (κ2) is 6.21. The molecule has 3 rings (SSSR count). The molecule has 22 heavy (non-hydrogen) atoms.